The third-order valence-electron chi connectivity index (χ3n) is 3.14. The molecule has 0 saturated carbocycles. The maximum atomic E-state index is 6.26. The molecule has 0 spiro atoms. The summed E-state index contributed by atoms with van der Waals surface area (Å²) in [6.45, 7) is 2.82. The van der Waals surface area contributed by atoms with Gasteiger partial charge in [0.05, 0.1) is 13.2 Å². The molecule has 0 amide bonds. The van der Waals surface area contributed by atoms with Crippen LogP contribution in [0.4, 0.5) is 0 Å². The van der Waals surface area contributed by atoms with E-state index >= 15 is 0 Å². The Kier molecular flexibility index (Phi) is 5.79. The van der Waals surface area contributed by atoms with Crippen LogP contribution in [0.5, 0.6) is 5.88 Å². The van der Waals surface area contributed by atoms with Gasteiger partial charge in [-0.1, -0.05) is 36.2 Å². The summed E-state index contributed by atoms with van der Waals surface area (Å²) < 4.78 is 5.29. The van der Waals surface area contributed by atoms with Crippen LogP contribution in [0, 0.1) is 0 Å². The quantitative estimate of drug-likeness (QED) is 0.879. The molecule has 0 fully saturated rings. The van der Waals surface area contributed by atoms with Gasteiger partial charge in [0.15, 0.2) is 0 Å². The number of methoxy groups -OCH3 is 1. The van der Waals surface area contributed by atoms with Crippen LogP contribution >= 0.6 is 23.2 Å². The van der Waals surface area contributed by atoms with E-state index in [9.17, 15) is 0 Å². The zero-order valence-electron chi connectivity index (χ0n) is 11.9. The average molecular weight is 326 g/mol. The van der Waals surface area contributed by atoms with Crippen LogP contribution in [0.25, 0.3) is 0 Å². The van der Waals surface area contributed by atoms with Gasteiger partial charge in [-0.15, -0.1) is 0 Å². The van der Waals surface area contributed by atoms with Gasteiger partial charge in [-0.3, -0.25) is 4.98 Å². The molecule has 1 aromatic carbocycles. The molecule has 1 aromatic heterocycles. The average Bonchev–Trinajstić information content (AvgIpc) is 2.50. The Morgan fingerprint density at radius 2 is 1.86 bits per heavy atom. The Bertz CT molecular complexity index is 587. The van der Waals surface area contributed by atoms with Crippen LogP contribution in [0.3, 0.4) is 0 Å². The molecule has 6 heteroatoms. The monoisotopic (exact) mass is 325 g/mol. The lowest BCUT2D eigenvalue weighted by Gasteiger charge is -2.20. The van der Waals surface area contributed by atoms with Crippen LogP contribution < -0.4 is 10.1 Å². The van der Waals surface area contributed by atoms with Crippen molar-refractivity contribution in [3.8, 4) is 5.88 Å². The normalized spacial score (nSPS) is 12.2. The molecule has 1 heterocycles. The molecule has 0 radical (unpaired) electrons. The highest BCUT2D eigenvalue weighted by Gasteiger charge is 2.20. The fraction of sp³-hybridized carbons (Fsp3) is 0.333. The number of hydrogen-bond donors (Lipinski definition) is 1. The van der Waals surface area contributed by atoms with E-state index in [1.807, 2.05) is 25.1 Å². The molecule has 1 N–H and O–H groups in total. The summed E-state index contributed by atoms with van der Waals surface area (Å²) in [5.74, 6) is 0.506. The molecule has 2 aromatic rings. The van der Waals surface area contributed by atoms with Gasteiger partial charge in [-0.25, -0.2) is 4.98 Å². The minimum atomic E-state index is -0.0731. The molecule has 0 aliphatic carbocycles. The summed E-state index contributed by atoms with van der Waals surface area (Å²) in [5, 5.41) is 4.67. The lowest BCUT2D eigenvalue weighted by atomic mass is 10.0. The standard InChI is InChI=1S/C15H17Cl2N3O/c1-3-18-13(14-15(21-2)20-8-7-19-14)9-10-11(16)5-4-6-12(10)17/h4-8,13,18H,3,9H2,1-2H3. The zero-order valence-corrected chi connectivity index (χ0v) is 13.4. The van der Waals surface area contributed by atoms with E-state index in [0.29, 0.717) is 22.3 Å². The van der Waals surface area contributed by atoms with Crippen molar-refractivity contribution < 1.29 is 4.74 Å². The number of ether oxygens (including phenoxy) is 1. The Balaban J connectivity index is 2.35. The molecule has 0 aliphatic heterocycles. The van der Waals surface area contributed by atoms with Gasteiger partial charge in [-0.2, -0.15) is 0 Å². The predicted octanol–water partition coefficient (Wildman–Crippen LogP) is 3.69. The molecule has 0 bridgehead atoms. The van der Waals surface area contributed by atoms with E-state index in [0.717, 1.165) is 17.8 Å². The molecule has 1 atom stereocenters. The third-order valence-corrected chi connectivity index (χ3v) is 3.84. The van der Waals surface area contributed by atoms with Crippen molar-refractivity contribution in [2.45, 2.75) is 19.4 Å². The van der Waals surface area contributed by atoms with E-state index in [4.69, 9.17) is 27.9 Å². The van der Waals surface area contributed by atoms with E-state index < -0.39 is 0 Å². The fourth-order valence-electron chi connectivity index (χ4n) is 2.18. The minimum Gasteiger partial charge on any atom is -0.480 e. The maximum Gasteiger partial charge on any atom is 0.237 e. The van der Waals surface area contributed by atoms with E-state index in [1.54, 1.807) is 19.5 Å². The van der Waals surface area contributed by atoms with Gasteiger partial charge in [0.25, 0.3) is 0 Å². The largest absolute Gasteiger partial charge is 0.480 e. The number of nitrogens with zero attached hydrogens (tertiary/aromatic N) is 2. The van der Waals surface area contributed by atoms with E-state index in [-0.39, 0.29) is 6.04 Å². The highest BCUT2D eigenvalue weighted by molar-refractivity contribution is 6.36. The number of halogens is 2. The topological polar surface area (TPSA) is 47.0 Å². The fourth-order valence-corrected chi connectivity index (χ4v) is 2.73. The van der Waals surface area contributed by atoms with Crippen molar-refractivity contribution in [3.63, 3.8) is 0 Å². The summed E-state index contributed by atoms with van der Waals surface area (Å²) in [5.41, 5.74) is 1.64. The lowest BCUT2D eigenvalue weighted by Crippen LogP contribution is -2.25. The number of likely N-dealkylation sites (N-methyl/N-ethyl adjacent to an activating group) is 1. The van der Waals surface area contributed by atoms with Crippen LogP contribution in [0.15, 0.2) is 30.6 Å². The molecular weight excluding hydrogens is 309 g/mol. The van der Waals surface area contributed by atoms with Gasteiger partial charge in [0, 0.05) is 22.4 Å². The Morgan fingerprint density at radius 1 is 1.19 bits per heavy atom. The van der Waals surface area contributed by atoms with Crippen LogP contribution in [-0.2, 0) is 6.42 Å². The smallest absolute Gasteiger partial charge is 0.237 e. The predicted molar refractivity (Wildman–Crippen MR) is 85.2 cm³/mol. The first kappa shape index (κ1) is 16.0. The summed E-state index contributed by atoms with van der Waals surface area (Å²) >= 11 is 12.5. The Labute approximate surface area is 134 Å². The van der Waals surface area contributed by atoms with E-state index in [2.05, 4.69) is 15.3 Å². The van der Waals surface area contributed by atoms with E-state index in [1.165, 1.54) is 0 Å². The Morgan fingerprint density at radius 3 is 2.48 bits per heavy atom. The number of hydrogen-bond acceptors (Lipinski definition) is 4. The first-order chi connectivity index (χ1) is 10.2. The second-order valence-electron chi connectivity index (χ2n) is 4.47. The van der Waals surface area contributed by atoms with Crippen molar-refractivity contribution >= 4 is 23.2 Å². The van der Waals surface area contributed by atoms with Crippen LogP contribution in [0.1, 0.15) is 24.2 Å². The molecule has 0 aliphatic rings. The first-order valence-electron chi connectivity index (χ1n) is 6.68. The molecule has 2 rings (SSSR count). The molecule has 112 valence electrons. The zero-order chi connectivity index (χ0) is 15.2. The number of benzene rings is 1. The first-order valence-corrected chi connectivity index (χ1v) is 7.44. The van der Waals surface area contributed by atoms with Crippen molar-refractivity contribution in [2.75, 3.05) is 13.7 Å². The summed E-state index contributed by atoms with van der Waals surface area (Å²) in [7, 11) is 1.58. The highest BCUT2D eigenvalue weighted by atomic mass is 35.5. The number of rotatable bonds is 6. The van der Waals surface area contributed by atoms with Crippen molar-refractivity contribution in [1.82, 2.24) is 15.3 Å². The number of aromatic nitrogens is 2. The van der Waals surface area contributed by atoms with Gasteiger partial charge in [0.2, 0.25) is 5.88 Å². The Hall–Kier alpha value is -1.36. The SMILES string of the molecule is CCNC(Cc1c(Cl)cccc1Cl)c1nccnc1OC. The summed E-state index contributed by atoms with van der Waals surface area (Å²) in [6.07, 6.45) is 3.87. The molecular formula is C15H17Cl2N3O. The third kappa shape index (κ3) is 3.84. The van der Waals surface area contributed by atoms with Gasteiger partial charge < -0.3 is 10.1 Å². The minimum absolute atomic E-state index is 0.0731. The lowest BCUT2D eigenvalue weighted by molar-refractivity contribution is 0.377. The summed E-state index contributed by atoms with van der Waals surface area (Å²) in [6, 6.07) is 5.43. The van der Waals surface area contributed by atoms with Crippen molar-refractivity contribution in [1.29, 1.82) is 0 Å². The second-order valence-corrected chi connectivity index (χ2v) is 5.28. The van der Waals surface area contributed by atoms with Crippen LogP contribution in [0.2, 0.25) is 10.0 Å². The summed E-state index contributed by atoms with van der Waals surface area (Å²) in [4.78, 5) is 8.58. The molecule has 4 nitrogen and oxygen atoms in total. The highest BCUT2D eigenvalue weighted by Crippen LogP contribution is 2.30. The second kappa shape index (κ2) is 7.59. The molecule has 21 heavy (non-hydrogen) atoms. The van der Waals surface area contributed by atoms with Gasteiger partial charge in [0.1, 0.15) is 5.69 Å². The van der Waals surface area contributed by atoms with Crippen molar-refractivity contribution in [3.05, 3.63) is 51.9 Å². The molecule has 1 unspecified atom stereocenters. The number of nitrogens with one attached hydrogen (secondary N) is 1. The molecule has 0 saturated heterocycles. The van der Waals surface area contributed by atoms with Gasteiger partial charge in [-0.05, 0) is 30.7 Å². The van der Waals surface area contributed by atoms with Crippen LogP contribution in [-0.4, -0.2) is 23.6 Å². The maximum absolute atomic E-state index is 6.26. The van der Waals surface area contributed by atoms with Crippen molar-refractivity contribution in [2.24, 2.45) is 0 Å². The van der Waals surface area contributed by atoms with Gasteiger partial charge >= 0.3 is 0 Å².